The first-order valence-electron chi connectivity index (χ1n) is 9.53. The average Bonchev–Trinajstić information content (AvgIpc) is 3.21. The van der Waals surface area contributed by atoms with Gasteiger partial charge in [0, 0.05) is 33.3 Å². The third-order valence-corrected chi connectivity index (χ3v) is 5.15. The molecule has 1 aromatic rings. The highest BCUT2D eigenvalue weighted by Gasteiger charge is 2.32. The van der Waals surface area contributed by atoms with Crippen LogP contribution in [0.3, 0.4) is 0 Å². The molecule has 152 valence electrons. The van der Waals surface area contributed by atoms with Crippen LogP contribution in [0.4, 0.5) is 0 Å². The number of aryl methyl sites for hydroxylation is 1. The first-order chi connectivity index (χ1) is 12.7. The summed E-state index contributed by atoms with van der Waals surface area (Å²) in [6.07, 6.45) is 3.54. The molecule has 0 aromatic heterocycles. The van der Waals surface area contributed by atoms with E-state index >= 15 is 0 Å². The number of halogens is 1. The van der Waals surface area contributed by atoms with E-state index in [-0.39, 0.29) is 36.2 Å². The summed E-state index contributed by atoms with van der Waals surface area (Å²) in [5, 5.41) is 3.49. The lowest BCUT2D eigenvalue weighted by Crippen LogP contribution is -2.53. The highest BCUT2D eigenvalue weighted by Crippen LogP contribution is 2.21. The molecule has 0 amide bonds. The molecule has 0 radical (unpaired) electrons. The minimum absolute atomic E-state index is 0. The van der Waals surface area contributed by atoms with Gasteiger partial charge in [-0.3, -0.25) is 4.99 Å². The molecule has 2 atom stereocenters. The van der Waals surface area contributed by atoms with E-state index in [9.17, 15) is 0 Å². The number of nitrogens with one attached hydrogen (secondary N) is 1. The van der Waals surface area contributed by atoms with Crippen molar-refractivity contribution in [3.05, 3.63) is 29.3 Å². The summed E-state index contributed by atoms with van der Waals surface area (Å²) in [4.78, 5) is 6.75. The number of nitrogens with zero attached hydrogens (tertiary/aromatic N) is 2. The van der Waals surface area contributed by atoms with E-state index in [4.69, 9.17) is 14.2 Å². The van der Waals surface area contributed by atoms with Crippen LogP contribution >= 0.6 is 24.0 Å². The predicted octanol–water partition coefficient (Wildman–Crippen LogP) is 2.62. The lowest BCUT2D eigenvalue weighted by molar-refractivity contribution is -0.0816. The molecule has 1 aromatic carbocycles. The summed E-state index contributed by atoms with van der Waals surface area (Å²) in [6.45, 7) is 6.17. The Kier molecular flexibility index (Phi) is 9.11. The maximum absolute atomic E-state index is 5.93. The van der Waals surface area contributed by atoms with Crippen molar-refractivity contribution in [3.8, 4) is 5.75 Å². The molecule has 0 aliphatic carbocycles. The minimum Gasteiger partial charge on any atom is -0.496 e. The van der Waals surface area contributed by atoms with Gasteiger partial charge in [-0.15, -0.1) is 24.0 Å². The summed E-state index contributed by atoms with van der Waals surface area (Å²) in [5.74, 6) is 1.88. The Morgan fingerprint density at radius 3 is 2.81 bits per heavy atom. The second-order valence-corrected chi connectivity index (χ2v) is 6.93. The molecule has 2 saturated heterocycles. The Bertz CT molecular complexity index is 620. The summed E-state index contributed by atoms with van der Waals surface area (Å²) in [7, 11) is 3.56. The van der Waals surface area contributed by atoms with Gasteiger partial charge in [-0.2, -0.15) is 0 Å². The van der Waals surface area contributed by atoms with E-state index in [0.29, 0.717) is 0 Å². The molecule has 2 aliphatic heterocycles. The number of methoxy groups -OCH3 is 1. The fourth-order valence-electron chi connectivity index (χ4n) is 3.66. The van der Waals surface area contributed by atoms with E-state index in [1.165, 1.54) is 5.56 Å². The number of aliphatic imine (C=N–C) groups is 1. The zero-order valence-electron chi connectivity index (χ0n) is 16.6. The van der Waals surface area contributed by atoms with Gasteiger partial charge in [-0.1, -0.05) is 12.1 Å². The number of rotatable bonds is 5. The molecule has 7 heteroatoms. The Morgan fingerprint density at radius 2 is 2.11 bits per heavy atom. The van der Waals surface area contributed by atoms with Crippen molar-refractivity contribution in [1.29, 1.82) is 0 Å². The molecule has 6 nitrogen and oxygen atoms in total. The molecule has 1 N–H and O–H groups in total. The van der Waals surface area contributed by atoms with Crippen LogP contribution in [-0.2, 0) is 15.9 Å². The molecule has 2 heterocycles. The van der Waals surface area contributed by atoms with Crippen LogP contribution < -0.4 is 10.1 Å². The summed E-state index contributed by atoms with van der Waals surface area (Å²) in [6, 6.07) is 6.38. The van der Waals surface area contributed by atoms with Crippen LogP contribution in [-0.4, -0.2) is 70.1 Å². The van der Waals surface area contributed by atoms with Gasteiger partial charge < -0.3 is 24.4 Å². The largest absolute Gasteiger partial charge is 0.496 e. The van der Waals surface area contributed by atoms with Gasteiger partial charge in [0.25, 0.3) is 0 Å². The predicted molar refractivity (Wildman–Crippen MR) is 118 cm³/mol. The molecule has 2 aliphatic rings. The van der Waals surface area contributed by atoms with E-state index in [1.807, 2.05) is 7.05 Å². The van der Waals surface area contributed by atoms with Gasteiger partial charge in [0.15, 0.2) is 5.96 Å². The lowest BCUT2D eigenvalue weighted by Gasteiger charge is -2.37. The summed E-state index contributed by atoms with van der Waals surface area (Å²) >= 11 is 0. The number of guanidine groups is 1. The quantitative estimate of drug-likeness (QED) is 0.392. The van der Waals surface area contributed by atoms with Gasteiger partial charge >= 0.3 is 0 Å². The molecule has 3 rings (SSSR count). The normalized spacial score (nSPS) is 23.1. The second kappa shape index (κ2) is 11.1. The van der Waals surface area contributed by atoms with Crippen molar-refractivity contribution in [3.63, 3.8) is 0 Å². The Morgan fingerprint density at radius 1 is 1.30 bits per heavy atom. The van der Waals surface area contributed by atoms with Gasteiger partial charge in [0.05, 0.1) is 19.8 Å². The Hall–Kier alpha value is -1.06. The molecule has 27 heavy (non-hydrogen) atoms. The van der Waals surface area contributed by atoms with Gasteiger partial charge in [-0.05, 0) is 43.4 Å². The van der Waals surface area contributed by atoms with Gasteiger partial charge in [0.1, 0.15) is 11.9 Å². The van der Waals surface area contributed by atoms with Gasteiger partial charge in [0.2, 0.25) is 0 Å². The minimum atomic E-state index is 0. The fraction of sp³-hybridized carbons (Fsp3) is 0.650. The van der Waals surface area contributed by atoms with Crippen LogP contribution in [0, 0.1) is 6.92 Å². The molecule has 2 fully saturated rings. The Balaban J connectivity index is 0.00000261. The first-order valence-corrected chi connectivity index (χ1v) is 9.53. The van der Waals surface area contributed by atoms with Crippen LogP contribution in [0.5, 0.6) is 5.75 Å². The third kappa shape index (κ3) is 5.96. The molecule has 0 spiro atoms. The van der Waals surface area contributed by atoms with Crippen LogP contribution in [0.15, 0.2) is 23.2 Å². The lowest BCUT2D eigenvalue weighted by atomic mass is 10.1. The van der Waals surface area contributed by atoms with Crippen LogP contribution in [0.25, 0.3) is 0 Å². The van der Waals surface area contributed by atoms with E-state index < -0.39 is 0 Å². The average molecular weight is 489 g/mol. The SMILES string of the molecule is CN=C(NCCc1ccc(C)c(OC)c1)N1CCOC(C2CCCO2)C1.I. The summed E-state index contributed by atoms with van der Waals surface area (Å²) < 4.78 is 17.1. The van der Waals surface area contributed by atoms with Crippen LogP contribution in [0.1, 0.15) is 24.0 Å². The first kappa shape index (κ1) is 22.2. The number of benzene rings is 1. The zero-order chi connectivity index (χ0) is 18.4. The molecule has 0 bridgehead atoms. The van der Waals surface area contributed by atoms with Crippen molar-refractivity contribution in [2.75, 3.05) is 47.0 Å². The van der Waals surface area contributed by atoms with E-state index in [1.54, 1.807) is 7.11 Å². The number of morpholine rings is 1. The Labute approximate surface area is 179 Å². The third-order valence-electron chi connectivity index (χ3n) is 5.15. The smallest absolute Gasteiger partial charge is 0.193 e. The number of hydrogen-bond acceptors (Lipinski definition) is 4. The van der Waals surface area contributed by atoms with Crippen LogP contribution in [0.2, 0.25) is 0 Å². The van der Waals surface area contributed by atoms with Crippen molar-refractivity contribution >= 4 is 29.9 Å². The molecule has 2 unspecified atom stereocenters. The fourth-order valence-corrected chi connectivity index (χ4v) is 3.66. The number of hydrogen-bond donors (Lipinski definition) is 1. The number of ether oxygens (including phenoxy) is 3. The molecular formula is C20H32IN3O3. The monoisotopic (exact) mass is 489 g/mol. The maximum Gasteiger partial charge on any atom is 0.193 e. The zero-order valence-corrected chi connectivity index (χ0v) is 18.9. The maximum atomic E-state index is 5.93. The van der Waals surface area contributed by atoms with Crippen molar-refractivity contribution in [2.24, 2.45) is 4.99 Å². The highest BCUT2D eigenvalue weighted by molar-refractivity contribution is 14.0. The topological polar surface area (TPSA) is 55.3 Å². The summed E-state index contributed by atoms with van der Waals surface area (Å²) in [5.41, 5.74) is 2.42. The van der Waals surface area contributed by atoms with Crippen molar-refractivity contribution in [1.82, 2.24) is 10.2 Å². The molecule has 0 saturated carbocycles. The highest BCUT2D eigenvalue weighted by atomic mass is 127. The molecular weight excluding hydrogens is 457 g/mol. The van der Waals surface area contributed by atoms with E-state index in [0.717, 1.165) is 69.4 Å². The van der Waals surface area contributed by atoms with Gasteiger partial charge in [-0.25, -0.2) is 0 Å². The van der Waals surface area contributed by atoms with Crippen molar-refractivity contribution < 1.29 is 14.2 Å². The van der Waals surface area contributed by atoms with E-state index in [2.05, 4.69) is 40.3 Å². The standard InChI is InChI=1S/C20H31N3O3.HI/c1-15-6-7-16(13-18(15)24-3)8-9-22-20(21-2)23-10-12-26-19(14-23)17-5-4-11-25-17;/h6-7,13,17,19H,4-5,8-12,14H2,1-3H3,(H,21,22);1H. The van der Waals surface area contributed by atoms with Crippen molar-refractivity contribution in [2.45, 2.75) is 38.4 Å². The second-order valence-electron chi connectivity index (χ2n) is 6.93.